The van der Waals surface area contributed by atoms with Gasteiger partial charge in [-0.25, -0.2) is 0 Å². The minimum atomic E-state index is -0.00167. The lowest BCUT2D eigenvalue weighted by Crippen LogP contribution is -2.38. The van der Waals surface area contributed by atoms with Crippen LogP contribution in [0.5, 0.6) is 0 Å². The number of furan rings is 1. The van der Waals surface area contributed by atoms with Crippen molar-refractivity contribution in [2.75, 3.05) is 0 Å². The highest BCUT2D eigenvalue weighted by Gasteiger charge is 2.35. The van der Waals surface area contributed by atoms with Gasteiger partial charge in [-0.15, -0.1) is 0 Å². The second-order valence-corrected chi connectivity index (χ2v) is 4.92. The van der Waals surface area contributed by atoms with Gasteiger partial charge in [-0.05, 0) is 54.8 Å². The highest BCUT2D eigenvalue weighted by molar-refractivity contribution is 9.10. The Labute approximate surface area is 97.6 Å². The van der Waals surface area contributed by atoms with E-state index in [4.69, 9.17) is 4.42 Å². The predicted molar refractivity (Wildman–Crippen MR) is 60.7 cm³/mol. The van der Waals surface area contributed by atoms with Crippen LogP contribution in [0, 0.1) is 0 Å². The van der Waals surface area contributed by atoms with Crippen molar-refractivity contribution in [3.8, 4) is 0 Å². The lowest BCUT2D eigenvalue weighted by Gasteiger charge is -2.25. The summed E-state index contributed by atoms with van der Waals surface area (Å²) >= 11 is 3.20. The monoisotopic (exact) mass is 271 g/mol. The van der Waals surface area contributed by atoms with Crippen molar-refractivity contribution in [1.29, 1.82) is 0 Å². The molecule has 1 aromatic rings. The van der Waals surface area contributed by atoms with Gasteiger partial charge in [0.15, 0.2) is 10.4 Å². The van der Waals surface area contributed by atoms with Crippen LogP contribution in [0.25, 0.3) is 0 Å². The van der Waals surface area contributed by atoms with Crippen LogP contribution in [0.2, 0.25) is 0 Å². The first-order valence-electron chi connectivity index (χ1n) is 5.17. The molecule has 1 amide bonds. The molecule has 3 nitrogen and oxygen atoms in total. The van der Waals surface area contributed by atoms with E-state index in [1.165, 1.54) is 0 Å². The zero-order chi connectivity index (χ0) is 11.0. The van der Waals surface area contributed by atoms with E-state index in [9.17, 15) is 4.79 Å². The third kappa shape index (κ3) is 2.25. The number of nitrogens with zero attached hydrogens (tertiary/aromatic N) is 1. The summed E-state index contributed by atoms with van der Waals surface area (Å²) in [6, 6.07) is 4.11. The number of hydrogen-bond acceptors (Lipinski definition) is 2. The van der Waals surface area contributed by atoms with Gasteiger partial charge in [-0.2, -0.15) is 0 Å². The molecule has 15 heavy (non-hydrogen) atoms. The molecule has 0 bridgehead atoms. The molecule has 1 saturated carbocycles. The third-order valence-electron chi connectivity index (χ3n) is 2.52. The highest BCUT2D eigenvalue weighted by Crippen LogP contribution is 2.30. The Bertz CT molecular complexity index is 366. The van der Waals surface area contributed by atoms with Gasteiger partial charge in [0.05, 0.1) is 0 Å². The minimum Gasteiger partial charge on any atom is -0.444 e. The molecule has 0 atom stereocenters. The third-order valence-corrected chi connectivity index (χ3v) is 2.94. The fourth-order valence-electron chi connectivity index (χ4n) is 1.73. The van der Waals surface area contributed by atoms with Crippen molar-refractivity contribution < 1.29 is 9.21 Å². The Hall–Kier alpha value is -0.770. The van der Waals surface area contributed by atoms with Crippen LogP contribution in [-0.4, -0.2) is 22.9 Å². The maximum absolute atomic E-state index is 12.1. The molecule has 0 aliphatic heterocycles. The molecule has 0 unspecified atom stereocenters. The molecule has 1 aliphatic rings. The molecule has 2 rings (SSSR count). The van der Waals surface area contributed by atoms with Crippen LogP contribution in [0.3, 0.4) is 0 Å². The van der Waals surface area contributed by atoms with Crippen LogP contribution in [0.1, 0.15) is 37.2 Å². The standard InChI is InChI=1S/C11H14BrNO2/c1-7(2)13(8-3-4-8)11(14)9-5-6-10(12)15-9/h5-8H,3-4H2,1-2H3. The zero-order valence-corrected chi connectivity index (χ0v) is 10.5. The summed E-state index contributed by atoms with van der Waals surface area (Å²) in [5, 5.41) is 0. The van der Waals surface area contributed by atoms with Gasteiger partial charge in [-0.3, -0.25) is 4.79 Å². The molecule has 82 valence electrons. The Balaban J connectivity index is 2.17. The van der Waals surface area contributed by atoms with Gasteiger partial charge in [0.1, 0.15) is 0 Å². The average molecular weight is 272 g/mol. The Morgan fingerprint density at radius 2 is 2.20 bits per heavy atom. The van der Waals surface area contributed by atoms with E-state index >= 15 is 0 Å². The minimum absolute atomic E-state index is 0.00167. The molecule has 0 aromatic carbocycles. The second-order valence-electron chi connectivity index (χ2n) is 4.14. The Morgan fingerprint density at radius 1 is 1.53 bits per heavy atom. The number of carbonyl (C=O) groups is 1. The molecule has 1 aliphatic carbocycles. The van der Waals surface area contributed by atoms with Gasteiger partial charge < -0.3 is 9.32 Å². The fourth-order valence-corrected chi connectivity index (χ4v) is 2.04. The number of hydrogen-bond donors (Lipinski definition) is 0. The lowest BCUT2D eigenvalue weighted by molar-refractivity contribution is 0.0656. The van der Waals surface area contributed by atoms with Crippen molar-refractivity contribution in [3.05, 3.63) is 22.6 Å². The molecule has 1 heterocycles. The van der Waals surface area contributed by atoms with Crippen molar-refractivity contribution in [2.45, 2.75) is 38.8 Å². The van der Waals surface area contributed by atoms with E-state index in [1.807, 2.05) is 18.7 Å². The molecular formula is C11H14BrNO2. The molecule has 1 aromatic heterocycles. The van der Waals surface area contributed by atoms with E-state index in [2.05, 4.69) is 15.9 Å². The first kappa shape index (κ1) is 10.7. The van der Waals surface area contributed by atoms with Crippen molar-refractivity contribution in [3.63, 3.8) is 0 Å². The zero-order valence-electron chi connectivity index (χ0n) is 8.87. The van der Waals surface area contributed by atoms with Crippen LogP contribution in [0.4, 0.5) is 0 Å². The van der Waals surface area contributed by atoms with Crippen LogP contribution < -0.4 is 0 Å². The quantitative estimate of drug-likeness (QED) is 0.847. The summed E-state index contributed by atoms with van der Waals surface area (Å²) in [6.45, 7) is 4.07. The topological polar surface area (TPSA) is 33.5 Å². The first-order valence-corrected chi connectivity index (χ1v) is 5.97. The van der Waals surface area contributed by atoms with Gasteiger partial charge in [0, 0.05) is 12.1 Å². The van der Waals surface area contributed by atoms with Crippen LogP contribution in [-0.2, 0) is 0 Å². The van der Waals surface area contributed by atoms with Crippen LogP contribution >= 0.6 is 15.9 Å². The smallest absolute Gasteiger partial charge is 0.290 e. The van der Waals surface area contributed by atoms with E-state index in [1.54, 1.807) is 12.1 Å². The maximum atomic E-state index is 12.1. The molecular weight excluding hydrogens is 258 g/mol. The maximum Gasteiger partial charge on any atom is 0.290 e. The van der Waals surface area contributed by atoms with Crippen molar-refractivity contribution in [1.82, 2.24) is 4.90 Å². The molecule has 1 fully saturated rings. The number of amides is 1. The summed E-state index contributed by atoms with van der Waals surface area (Å²) in [4.78, 5) is 14.0. The normalized spacial score (nSPS) is 15.7. The Kier molecular flexibility index (Phi) is 2.87. The summed E-state index contributed by atoms with van der Waals surface area (Å²) < 4.78 is 5.88. The van der Waals surface area contributed by atoms with E-state index in [0.717, 1.165) is 12.8 Å². The molecule has 0 saturated heterocycles. The molecule has 4 heteroatoms. The fraction of sp³-hybridized carbons (Fsp3) is 0.545. The second kappa shape index (κ2) is 4.00. The largest absolute Gasteiger partial charge is 0.444 e. The van der Waals surface area contributed by atoms with Gasteiger partial charge in [0.2, 0.25) is 0 Å². The number of carbonyl (C=O) groups excluding carboxylic acids is 1. The first-order chi connectivity index (χ1) is 7.09. The van der Waals surface area contributed by atoms with Gasteiger partial charge >= 0.3 is 0 Å². The molecule has 0 radical (unpaired) electrons. The SMILES string of the molecule is CC(C)N(C(=O)c1ccc(Br)o1)C1CC1. The van der Waals surface area contributed by atoms with Crippen molar-refractivity contribution in [2.24, 2.45) is 0 Å². The molecule has 0 spiro atoms. The number of rotatable bonds is 3. The summed E-state index contributed by atoms with van der Waals surface area (Å²) in [7, 11) is 0. The number of halogens is 1. The summed E-state index contributed by atoms with van der Waals surface area (Å²) in [6.07, 6.45) is 2.23. The summed E-state index contributed by atoms with van der Waals surface area (Å²) in [5.41, 5.74) is 0. The van der Waals surface area contributed by atoms with E-state index < -0.39 is 0 Å². The van der Waals surface area contributed by atoms with Gasteiger partial charge in [0.25, 0.3) is 5.91 Å². The summed E-state index contributed by atoms with van der Waals surface area (Å²) in [5.74, 6) is 0.417. The molecule has 0 N–H and O–H groups in total. The predicted octanol–water partition coefficient (Wildman–Crippen LogP) is 3.06. The Morgan fingerprint density at radius 3 is 2.60 bits per heavy atom. The average Bonchev–Trinajstić information content (AvgIpc) is 2.87. The van der Waals surface area contributed by atoms with Crippen molar-refractivity contribution >= 4 is 21.8 Å². The van der Waals surface area contributed by atoms with Gasteiger partial charge in [-0.1, -0.05) is 0 Å². The lowest BCUT2D eigenvalue weighted by atomic mass is 10.2. The van der Waals surface area contributed by atoms with E-state index in [0.29, 0.717) is 16.5 Å². The highest BCUT2D eigenvalue weighted by atomic mass is 79.9. The van der Waals surface area contributed by atoms with Crippen LogP contribution in [0.15, 0.2) is 21.2 Å². The van der Waals surface area contributed by atoms with E-state index in [-0.39, 0.29) is 11.9 Å².